The van der Waals surface area contributed by atoms with Crippen molar-refractivity contribution in [3.05, 3.63) is 11.1 Å². The smallest absolute Gasteiger partial charge is 0.302 e. The molecule has 1 unspecified atom stereocenters. The second-order valence-corrected chi connectivity index (χ2v) is 18.2. The molecule has 45 heavy (non-hydrogen) atoms. The maximum Gasteiger partial charge on any atom is 0.302 e. The van der Waals surface area contributed by atoms with E-state index in [9.17, 15) is 14.4 Å². The third-order valence-electron chi connectivity index (χ3n) is 15.5. The number of likely N-dealkylation sites (tertiary alicyclic amines) is 1. The van der Waals surface area contributed by atoms with E-state index in [2.05, 4.69) is 72.4 Å². The maximum atomic E-state index is 14.8. The molecule has 0 aromatic heterocycles. The number of carbonyl (C=O) groups is 3. The number of hydrogen-bond donors (Lipinski definition) is 0. The lowest BCUT2D eigenvalue weighted by Gasteiger charge is -2.70. The third-order valence-corrected chi connectivity index (χ3v) is 15.5. The fourth-order valence-electron chi connectivity index (χ4n) is 13.0. The fraction of sp³-hybridized carbons (Fsp3) is 0.872. The average Bonchev–Trinajstić information content (AvgIpc) is 3.27. The first-order chi connectivity index (χ1) is 20.9. The second-order valence-electron chi connectivity index (χ2n) is 18.2. The Morgan fingerprint density at radius 1 is 0.889 bits per heavy atom. The number of ketones is 1. The van der Waals surface area contributed by atoms with Crippen LogP contribution >= 0.6 is 0 Å². The molecule has 1 saturated heterocycles. The van der Waals surface area contributed by atoms with Gasteiger partial charge in [-0.2, -0.15) is 0 Å². The molecule has 0 bridgehead atoms. The number of Topliss-reactive ketones (excluding diaryl/α,β-unsaturated/α-hetero) is 1. The van der Waals surface area contributed by atoms with E-state index in [1.54, 1.807) is 6.92 Å². The summed E-state index contributed by atoms with van der Waals surface area (Å²) in [5.41, 5.74) is 2.35. The van der Waals surface area contributed by atoms with Gasteiger partial charge in [0.25, 0.3) is 0 Å². The molecule has 0 aromatic carbocycles. The predicted octanol–water partition coefficient (Wildman–Crippen LogP) is 7.45. The molecule has 0 radical (unpaired) electrons. The Balaban J connectivity index is 1.39. The molecule has 4 saturated carbocycles. The molecule has 0 aromatic rings. The monoisotopic (exact) mass is 622 g/mol. The lowest BCUT2D eigenvalue weighted by Crippen LogP contribution is -2.64. The number of rotatable bonds is 4. The average molecular weight is 623 g/mol. The quantitative estimate of drug-likeness (QED) is 0.241. The van der Waals surface area contributed by atoms with Crippen molar-refractivity contribution in [2.75, 3.05) is 27.2 Å². The maximum absolute atomic E-state index is 14.8. The molecule has 6 aliphatic rings. The van der Waals surface area contributed by atoms with Crippen molar-refractivity contribution in [3.8, 4) is 0 Å². The van der Waals surface area contributed by atoms with E-state index in [1.165, 1.54) is 11.1 Å². The number of hydrogen-bond acceptors (Lipinski definition) is 5. The first kappa shape index (κ1) is 33.2. The van der Waals surface area contributed by atoms with E-state index in [0.29, 0.717) is 30.1 Å². The van der Waals surface area contributed by atoms with Crippen molar-refractivity contribution < 1.29 is 19.1 Å². The van der Waals surface area contributed by atoms with Crippen LogP contribution in [0.4, 0.5) is 0 Å². The molecule has 1 aliphatic heterocycles. The molecule has 6 heteroatoms. The van der Waals surface area contributed by atoms with Gasteiger partial charge in [-0.05, 0) is 118 Å². The minimum Gasteiger partial charge on any atom is -0.462 e. The highest BCUT2D eigenvalue weighted by Crippen LogP contribution is 2.76. The number of fused-ring (bicyclic) bond motifs is 6. The van der Waals surface area contributed by atoms with Gasteiger partial charge in [0.1, 0.15) is 11.9 Å². The zero-order chi connectivity index (χ0) is 32.9. The Bertz CT molecular complexity index is 1280. The van der Waals surface area contributed by atoms with Gasteiger partial charge in [-0.3, -0.25) is 14.4 Å². The van der Waals surface area contributed by atoms with Gasteiger partial charge in [0.2, 0.25) is 5.91 Å². The van der Waals surface area contributed by atoms with Gasteiger partial charge in [-0.15, -0.1) is 0 Å². The predicted molar refractivity (Wildman–Crippen MR) is 178 cm³/mol. The Hall–Kier alpha value is -1.69. The SMILES string of the molecule is CC(=O)O[C@H]1CC[C@]2(C)[C@H]3CCC4=C5C(C(C)C)C(=O)C[C@]5(C(=O)N5CCC(N(C)C)CC5)CC[C@@]4(C)[C@]3(C)CC[C@H]2C1(C)C. The molecule has 6 nitrogen and oxygen atoms in total. The number of carbonyl (C=O) groups excluding carboxylic acids is 3. The van der Waals surface area contributed by atoms with Gasteiger partial charge in [-0.1, -0.05) is 54.0 Å². The van der Waals surface area contributed by atoms with Crippen LogP contribution in [-0.4, -0.2) is 66.8 Å². The van der Waals surface area contributed by atoms with Gasteiger partial charge in [0, 0.05) is 43.8 Å². The van der Waals surface area contributed by atoms with E-state index in [4.69, 9.17) is 4.74 Å². The minimum atomic E-state index is -0.639. The summed E-state index contributed by atoms with van der Waals surface area (Å²) in [6.07, 6.45) is 10.7. The summed E-state index contributed by atoms with van der Waals surface area (Å²) >= 11 is 0. The molecule has 5 aliphatic carbocycles. The first-order valence-corrected chi connectivity index (χ1v) is 18.3. The zero-order valence-corrected chi connectivity index (χ0v) is 30.2. The van der Waals surface area contributed by atoms with Crippen molar-refractivity contribution >= 4 is 17.7 Å². The Kier molecular flexibility index (Phi) is 8.06. The normalized spacial score (nSPS) is 43.1. The Morgan fingerprint density at radius 2 is 1.56 bits per heavy atom. The van der Waals surface area contributed by atoms with Crippen molar-refractivity contribution in [2.24, 2.45) is 50.7 Å². The number of allylic oxidation sites excluding steroid dienone is 1. The summed E-state index contributed by atoms with van der Waals surface area (Å²) in [5, 5.41) is 0. The van der Waals surface area contributed by atoms with Crippen LogP contribution in [0.1, 0.15) is 126 Å². The number of nitrogens with zero attached hydrogens (tertiary/aromatic N) is 2. The van der Waals surface area contributed by atoms with Crippen LogP contribution in [0.5, 0.6) is 0 Å². The zero-order valence-electron chi connectivity index (χ0n) is 30.2. The standard InChI is InChI=1S/C39H62N2O4/c1-24(2)32-28(43)23-39(34(44)41-21-15-26(16-22-41)40(9)10)20-19-37(7)27(33(32)39)11-12-30-36(6)17-14-31(45-25(3)42)35(4,5)29(36)13-18-38(30,37)8/h24,26,29-32H,11-23H2,1-10H3/t29-,30+,31-,32?,36-,37+,38+,39+/m0/s1. The summed E-state index contributed by atoms with van der Waals surface area (Å²) in [4.78, 5) is 45.3. The van der Waals surface area contributed by atoms with Crippen molar-refractivity contribution in [3.63, 3.8) is 0 Å². The summed E-state index contributed by atoms with van der Waals surface area (Å²) in [5.74, 6) is 1.55. The van der Waals surface area contributed by atoms with Gasteiger partial charge < -0.3 is 14.5 Å². The molecule has 252 valence electrons. The van der Waals surface area contributed by atoms with Gasteiger partial charge >= 0.3 is 5.97 Å². The van der Waals surface area contributed by atoms with Crippen molar-refractivity contribution in [1.29, 1.82) is 0 Å². The second kappa shape index (κ2) is 10.9. The lowest BCUT2D eigenvalue weighted by molar-refractivity contribution is -0.213. The van der Waals surface area contributed by atoms with Crippen molar-refractivity contribution in [1.82, 2.24) is 9.80 Å². The molecule has 1 amide bonds. The largest absolute Gasteiger partial charge is 0.462 e. The Morgan fingerprint density at radius 3 is 2.16 bits per heavy atom. The number of piperidine rings is 1. The van der Waals surface area contributed by atoms with E-state index in [1.807, 2.05) is 0 Å². The van der Waals surface area contributed by atoms with Crippen LogP contribution in [-0.2, 0) is 19.1 Å². The minimum absolute atomic E-state index is 0.0183. The van der Waals surface area contributed by atoms with Crippen molar-refractivity contribution in [2.45, 2.75) is 138 Å². The molecule has 8 atom stereocenters. The van der Waals surface area contributed by atoms with Gasteiger partial charge in [-0.25, -0.2) is 0 Å². The topological polar surface area (TPSA) is 66.9 Å². The Labute approximate surface area is 273 Å². The number of ether oxygens (including phenoxy) is 1. The van der Waals surface area contributed by atoms with Crippen LogP contribution in [0.25, 0.3) is 0 Å². The van der Waals surface area contributed by atoms with Crippen LogP contribution in [0, 0.1) is 50.7 Å². The summed E-state index contributed by atoms with van der Waals surface area (Å²) in [6.45, 7) is 20.0. The highest BCUT2D eigenvalue weighted by atomic mass is 16.5. The lowest BCUT2D eigenvalue weighted by atomic mass is 9.34. The molecular weight excluding hydrogens is 560 g/mol. The van der Waals surface area contributed by atoms with Crippen LogP contribution in [0.3, 0.4) is 0 Å². The fourth-order valence-corrected chi connectivity index (χ4v) is 13.0. The molecule has 0 spiro atoms. The highest BCUT2D eigenvalue weighted by molar-refractivity contribution is 6.00. The van der Waals surface area contributed by atoms with Crippen LogP contribution < -0.4 is 0 Å². The number of esters is 1. The van der Waals surface area contributed by atoms with E-state index >= 15 is 0 Å². The molecule has 5 fully saturated rings. The van der Waals surface area contributed by atoms with Gasteiger partial charge in [0.05, 0.1) is 5.41 Å². The van der Waals surface area contributed by atoms with E-state index in [-0.39, 0.29) is 51.5 Å². The first-order valence-electron chi connectivity index (χ1n) is 18.3. The molecule has 6 rings (SSSR count). The third kappa shape index (κ3) is 4.60. The molecule has 1 heterocycles. The molecule has 0 N–H and O–H groups in total. The summed E-state index contributed by atoms with van der Waals surface area (Å²) < 4.78 is 5.94. The van der Waals surface area contributed by atoms with E-state index < -0.39 is 5.41 Å². The summed E-state index contributed by atoms with van der Waals surface area (Å²) in [6, 6.07) is 0.522. The number of amides is 1. The van der Waals surface area contributed by atoms with Crippen LogP contribution in [0.15, 0.2) is 11.1 Å². The van der Waals surface area contributed by atoms with E-state index in [0.717, 1.165) is 77.3 Å². The van der Waals surface area contributed by atoms with Gasteiger partial charge in [0.15, 0.2) is 0 Å². The highest BCUT2D eigenvalue weighted by Gasteiger charge is 2.70. The summed E-state index contributed by atoms with van der Waals surface area (Å²) in [7, 11) is 4.29. The van der Waals surface area contributed by atoms with Crippen LogP contribution in [0.2, 0.25) is 0 Å². The molecular formula is C39H62N2O4.